The maximum Gasteiger partial charge on any atom is 0.232 e. The summed E-state index contributed by atoms with van der Waals surface area (Å²) < 4.78 is 0. The predicted octanol–water partition coefficient (Wildman–Crippen LogP) is 2.03. The number of aryl methyl sites for hydroxylation is 1. The molecular formula is C19H22N6O2. The maximum absolute atomic E-state index is 12.9. The van der Waals surface area contributed by atoms with Crippen molar-refractivity contribution in [2.24, 2.45) is 0 Å². The van der Waals surface area contributed by atoms with Crippen LogP contribution in [0.2, 0.25) is 0 Å². The molecule has 27 heavy (non-hydrogen) atoms. The lowest BCUT2D eigenvalue weighted by Gasteiger charge is -2.27. The zero-order chi connectivity index (χ0) is 19.0. The second-order valence-electron chi connectivity index (χ2n) is 6.97. The van der Waals surface area contributed by atoms with E-state index in [1.54, 1.807) is 0 Å². The molecule has 4 rings (SSSR count). The summed E-state index contributed by atoms with van der Waals surface area (Å²) in [6, 6.07) is 7.49. The highest BCUT2D eigenvalue weighted by molar-refractivity contribution is 6.05. The van der Waals surface area contributed by atoms with Gasteiger partial charge in [-0.3, -0.25) is 9.59 Å². The van der Waals surface area contributed by atoms with Gasteiger partial charge in [-0.15, -0.1) is 0 Å². The van der Waals surface area contributed by atoms with E-state index < -0.39 is 5.92 Å². The Morgan fingerprint density at radius 3 is 2.74 bits per heavy atom. The minimum absolute atomic E-state index is 0.0152. The van der Waals surface area contributed by atoms with Gasteiger partial charge in [0, 0.05) is 25.2 Å². The van der Waals surface area contributed by atoms with E-state index in [0.717, 1.165) is 31.5 Å². The highest BCUT2D eigenvalue weighted by Gasteiger charge is 2.35. The van der Waals surface area contributed by atoms with Gasteiger partial charge in [-0.2, -0.15) is 9.97 Å². The molecule has 1 aromatic heterocycles. The lowest BCUT2D eigenvalue weighted by atomic mass is 9.91. The van der Waals surface area contributed by atoms with Gasteiger partial charge in [0.2, 0.25) is 17.8 Å². The number of aromatic nitrogens is 2. The zero-order valence-corrected chi connectivity index (χ0v) is 15.2. The number of hydrogen-bond acceptors (Lipinski definition) is 6. The molecule has 8 nitrogen and oxygen atoms in total. The standard InChI is InChI=1S/C19H22N6O2/c1-11-6-2-3-7-13(11)21-18(27)12-10-14(26)22-17-15(12)16(20)23-19(24-17)25-8-4-5-9-25/h2-3,6-7,12H,4-5,8-10H2,1H3,(H,21,27)(H3,20,22,23,24,26)/t12-/m0/s1. The molecular weight excluding hydrogens is 344 g/mol. The third kappa shape index (κ3) is 3.30. The number of fused-ring (bicyclic) bond motifs is 1. The quantitative estimate of drug-likeness (QED) is 0.766. The number of benzene rings is 1. The van der Waals surface area contributed by atoms with Crippen LogP contribution < -0.4 is 21.3 Å². The van der Waals surface area contributed by atoms with Gasteiger partial charge in [0.05, 0.1) is 11.5 Å². The molecule has 0 radical (unpaired) electrons. The molecule has 4 N–H and O–H groups in total. The second kappa shape index (κ2) is 6.86. The van der Waals surface area contributed by atoms with E-state index in [4.69, 9.17) is 5.73 Å². The topological polar surface area (TPSA) is 113 Å². The Bertz CT molecular complexity index is 907. The molecule has 0 bridgehead atoms. The summed E-state index contributed by atoms with van der Waals surface area (Å²) in [6.45, 7) is 3.64. The van der Waals surface area contributed by atoms with Crippen molar-refractivity contribution in [2.45, 2.75) is 32.1 Å². The highest BCUT2D eigenvalue weighted by Crippen LogP contribution is 2.37. The average molecular weight is 366 g/mol. The lowest BCUT2D eigenvalue weighted by Crippen LogP contribution is -2.33. The summed E-state index contributed by atoms with van der Waals surface area (Å²) >= 11 is 0. The largest absolute Gasteiger partial charge is 0.383 e. The number of rotatable bonds is 3. The Balaban J connectivity index is 1.67. The molecule has 1 saturated heterocycles. The Morgan fingerprint density at radius 2 is 2.00 bits per heavy atom. The summed E-state index contributed by atoms with van der Waals surface area (Å²) in [5.74, 6) is -0.176. The first-order valence-electron chi connectivity index (χ1n) is 9.11. The van der Waals surface area contributed by atoms with Crippen molar-refractivity contribution in [3.8, 4) is 0 Å². The molecule has 2 aliphatic rings. The Hall–Kier alpha value is -3.16. The number of nitrogens with two attached hydrogens (primary N) is 1. The van der Waals surface area contributed by atoms with E-state index in [1.165, 1.54) is 0 Å². The molecule has 2 aromatic rings. The summed E-state index contributed by atoms with van der Waals surface area (Å²) in [6.07, 6.45) is 2.17. The molecule has 2 aliphatic heterocycles. The third-order valence-electron chi connectivity index (χ3n) is 5.07. The van der Waals surface area contributed by atoms with Crippen LogP contribution in [-0.4, -0.2) is 34.9 Å². The first kappa shape index (κ1) is 17.3. The van der Waals surface area contributed by atoms with Crippen molar-refractivity contribution in [1.29, 1.82) is 0 Å². The van der Waals surface area contributed by atoms with Crippen LogP contribution >= 0.6 is 0 Å². The predicted molar refractivity (Wildman–Crippen MR) is 104 cm³/mol. The van der Waals surface area contributed by atoms with Crippen LogP contribution in [0, 0.1) is 6.92 Å². The van der Waals surface area contributed by atoms with E-state index in [1.807, 2.05) is 36.1 Å². The molecule has 0 spiro atoms. The molecule has 140 valence electrons. The Morgan fingerprint density at radius 1 is 1.26 bits per heavy atom. The third-order valence-corrected chi connectivity index (χ3v) is 5.07. The van der Waals surface area contributed by atoms with Crippen molar-refractivity contribution >= 4 is 35.1 Å². The Kier molecular flexibility index (Phi) is 4.39. The molecule has 0 aliphatic carbocycles. The lowest BCUT2D eigenvalue weighted by molar-refractivity contribution is -0.123. The van der Waals surface area contributed by atoms with Crippen LogP contribution in [0.5, 0.6) is 0 Å². The average Bonchev–Trinajstić information content (AvgIpc) is 3.17. The van der Waals surface area contributed by atoms with E-state index in [-0.39, 0.29) is 24.1 Å². The van der Waals surface area contributed by atoms with Gasteiger partial charge in [-0.05, 0) is 31.4 Å². The number of nitrogens with one attached hydrogen (secondary N) is 2. The molecule has 1 atom stereocenters. The van der Waals surface area contributed by atoms with Crippen LogP contribution in [0.15, 0.2) is 24.3 Å². The molecule has 0 saturated carbocycles. The van der Waals surface area contributed by atoms with Gasteiger partial charge in [0.25, 0.3) is 0 Å². The van der Waals surface area contributed by atoms with Gasteiger partial charge in [0.15, 0.2) is 0 Å². The van der Waals surface area contributed by atoms with E-state index in [9.17, 15) is 9.59 Å². The van der Waals surface area contributed by atoms with E-state index >= 15 is 0 Å². The summed E-state index contributed by atoms with van der Waals surface area (Å²) in [4.78, 5) is 36.0. The molecule has 3 heterocycles. The van der Waals surface area contributed by atoms with Crippen LogP contribution in [-0.2, 0) is 9.59 Å². The fourth-order valence-corrected chi connectivity index (χ4v) is 3.60. The molecule has 1 fully saturated rings. The van der Waals surface area contributed by atoms with E-state index in [0.29, 0.717) is 23.0 Å². The number of amides is 2. The SMILES string of the molecule is Cc1ccccc1NC(=O)[C@H]1CC(=O)Nc2nc(N3CCCC3)nc(N)c21. The second-order valence-corrected chi connectivity index (χ2v) is 6.97. The molecule has 1 aromatic carbocycles. The van der Waals surface area contributed by atoms with Gasteiger partial charge < -0.3 is 21.3 Å². The number of carbonyl (C=O) groups is 2. The molecule has 2 amide bonds. The number of para-hydroxylation sites is 1. The van der Waals surface area contributed by atoms with Gasteiger partial charge in [-0.1, -0.05) is 18.2 Å². The molecule has 8 heteroatoms. The number of hydrogen-bond donors (Lipinski definition) is 3. The van der Waals surface area contributed by atoms with E-state index in [2.05, 4.69) is 20.6 Å². The van der Waals surface area contributed by atoms with Crippen molar-refractivity contribution in [3.05, 3.63) is 35.4 Å². The van der Waals surface area contributed by atoms with Crippen LogP contribution in [0.25, 0.3) is 0 Å². The summed E-state index contributed by atoms with van der Waals surface area (Å²) in [5, 5.41) is 5.65. The summed E-state index contributed by atoms with van der Waals surface area (Å²) in [5.41, 5.74) is 8.34. The Labute approximate surface area is 157 Å². The van der Waals surface area contributed by atoms with Crippen LogP contribution in [0.3, 0.4) is 0 Å². The van der Waals surface area contributed by atoms with Crippen molar-refractivity contribution in [1.82, 2.24) is 9.97 Å². The molecule has 0 unspecified atom stereocenters. The minimum atomic E-state index is -0.721. The van der Waals surface area contributed by atoms with Crippen LogP contribution in [0.1, 0.15) is 36.3 Å². The fraction of sp³-hybridized carbons (Fsp3) is 0.368. The number of nitrogen functional groups attached to an aromatic ring is 1. The number of carbonyl (C=O) groups excluding carboxylic acids is 2. The zero-order valence-electron chi connectivity index (χ0n) is 15.2. The van der Waals surface area contributed by atoms with Crippen molar-refractivity contribution < 1.29 is 9.59 Å². The highest BCUT2D eigenvalue weighted by atomic mass is 16.2. The normalized spacial score (nSPS) is 18.8. The van der Waals surface area contributed by atoms with Crippen LogP contribution in [0.4, 0.5) is 23.3 Å². The van der Waals surface area contributed by atoms with Crippen molar-refractivity contribution in [3.63, 3.8) is 0 Å². The first-order valence-corrected chi connectivity index (χ1v) is 9.11. The fourth-order valence-electron chi connectivity index (χ4n) is 3.60. The monoisotopic (exact) mass is 366 g/mol. The summed E-state index contributed by atoms with van der Waals surface area (Å²) in [7, 11) is 0. The smallest absolute Gasteiger partial charge is 0.232 e. The van der Waals surface area contributed by atoms with Gasteiger partial charge >= 0.3 is 0 Å². The van der Waals surface area contributed by atoms with Gasteiger partial charge in [-0.25, -0.2) is 0 Å². The van der Waals surface area contributed by atoms with Gasteiger partial charge in [0.1, 0.15) is 11.6 Å². The number of anilines is 4. The maximum atomic E-state index is 12.9. The number of nitrogens with zero attached hydrogens (tertiary/aromatic N) is 3. The first-order chi connectivity index (χ1) is 13.0. The minimum Gasteiger partial charge on any atom is -0.383 e. The van der Waals surface area contributed by atoms with Crippen molar-refractivity contribution in [2.75, 3.05) is 34.4 Å².